The van der Waals surface area contributed by atoms with Crippen LogP contribution in [0.2, 0.25) is 0 Å². The molecule has 0 amide bonds. The molecule has 0 heterocycles. The maximum atomic E-state index is 13.4. The Bertz CT molecular complexity index is 652. The van der Waals surface area contributed by atoms with Crippen LogP contribution in [-0.2, 0) is 14.6 Å². The average Bonchev–Trinajstić information content (AvgIpc) is 2.49. The Morgan fingerprint density at radius 2 is 1.07 bits per heavy atom. The van der Waals surface area contributed by atoms with E-state index in [4.69, 9.17) is 0 Å². The first kappa shape index (κ1) is 31.2. The van der Waals surface area contributed by atoms with Crippen molar-refractivity contribution in [3.05, 3.63) is 0 Å². The number of halogens is 12. The summed E-state index contributed by atoms with van der Waals surface area (Å²) in [5.41, 5.74) is 0. The Kier molecular flexibility index (Phi) is 9.97. The van der Waals surface area contributed by atoms with Gasteiger partial charge >= 0.3 is 65.1 Å². The topological polar surface area (TPSA) is 66.4 Å². The normalized spacial score (nSPS) is 15.2. The van der Waals surface area contributed by atoms with Crippen LogP contribution in [0.25, 0.3) is 0 Å². The Hall–Kier alpha value is 0.0300. The average molecular weight is 490 g/mol. The molecule has 0 aromatic heterocycles. The summed E-state index contributed by atoms with van der Waals surface area (Å²) in [5.74, 6) is -41.9. The Balaban J connectivity index is 0. The van der Waals surface area contributed by atoms with E-state index in [1.165, 1.54) is 0 Å². The molecule has 0 bridgehead atoms. The minimum atomic E-state index is -7.67. The number of hydrogen-bond donors (Lipinski definition) is 0. The molecule has 0 aliphatic carbocycles. The fourth-order valence-electron chi connectivity index (χ4n) is 1.69. The molecular weight excluding hydrogens is 479 g/mol. The third-order valence-electron chi connectivity index (χ3n) is 3.41. The van der Waals surface area contributed by atoms with Gasteiger partial charge in [0.15, 0.2) is 0 Å². The largest absolute Gasteiger partial charge is 1.00 e. The molecule has 18 heteroatoms. The molecule has 0 atom stereocenters. The molecule has 0 spiro atoms. The van der Waals surface area contributed by atoms with Crippen molar-refractivity contribution in [2.24, 2.45) is 0 Å². The van der Waals surface area contributed by atoms with Crippen LogP contribution in [0.4, 0.5) is 52.7 Å². The molecular formula is C11H11F12NaO4S. The van der Waals surface area contributed by atoms with Gasteiger partial charge in [-0.25, -0.2) is 8.42 Å². The van der Waals surface area contributed by atoms with E-state index in [0.717, 1.165) is 0 Å². The number of hydrogen-bond acceptors (Lipinski definition) is 4. The Labute approximate surface area is 178 Å². The molecule has 0 saturated heterocycles. The standard InChI is InChI=1S/C11H12F12O4S.Na/c1-2-6(12,13)8(16,17)10(20,21)11(22,23)9(18,19)7(14,15)4-3-5-27-28(24,25)26;/h2-5H2,1H3,(H,24,25,26);/q;+1/p-1. The van der Waals surface area contributed by atoms with E-state index in [1.54, 1.807) is 0 Å². The fourth-order valence-corrected chi connectivity index (χ4v) is 2.01. The van der Waals surface area contributed by atoms with Gasteiger partial charge in [0.05, 0.1) is 6.61 Å². The summed E-state index contributed by atoms with van der Waals surface area (Å²) in [6.45, 7) is -1.44. The van der Waals surface area contributed by atoms with Gasteiger partial charge in [0, 0.05) is 12.8 Å². The smallest absolute Gasteiger partial charge is 0.726 e. The second-order valence-electron chi connectivity index (χ2n) is 5.39. The van der Waals surface area contributed by atoms with Crippen molar-refractivity contribution in [3.8, 4) is 0 Å². The van der Waals surface area contributed by atoms with Crippen LogP contribution >= 0.6 is 0 Å². The summed E-state index contributed by atoms with van der Waals surface area (Å²) in [6.07, 6.45) is -6.36. The zero-order valence-electron chi connectivity index (χ0n) is 14.4. The van der Waals surface area contributed by atoms with Gasteiger partial charge < -0.3 is 4.55 Å². The summed E-state index contributed by atoms with van der Waals surface area (Å²) in [7, 11) is -5.50. The molecule has 0 saturated carbocycles. The van der Waals surface area contributed by atoms with E-state index in [-0.39, 0.29) is 36.5 Å². The van der Waals surface area contributed by atoms with Crippen molar-refractivity contribution in [1.82, 2.24) is 0 Å². The van der Waals surface area contributed by atoms with E-state index < -0.39 is 71.8 Å². The summed E-state index contributed by atoms with van der Waals surface area (Å²) in [5, 5.41) is 0. The summed E-state index contributed by atoms with van der Waals surface area (Å²) >= 11 is 0. The minimum Gasteiger partial charge on any atom is -0.726 e. The quantitative estimate of drug-likeness (QED) is 0.145. The zero-order valence-corrected chi connectivity index (χ0v) is 17.2. The molecule has 0 unspecified atom stereocenters. The zero-order chi connectivity index (χ0) is 23.0. The van der Waals surface area contributed by atoms with E-state index >= 15 is 0 Å². The molecule has 0 rings (SSSR count). The molecule has 170 valence electrons. The minimum absolute atomic E-state index is 0. The fraction of sp³-hybridized carbons (Fsp3) is 1.00. The van der Waals surface area contributed by atoms with Crippen molar-refractivity contribution >= 4 is 10.4 Å². The molecule has 29 heavy (non-hydrogen) atoms. The maximum Gasteiger partial charge on any atom is 1.00 e. The Morgan fingerprint density at radius 1 is 0.724 bits per heavy atom. The Morgan fingerprint density at radius 3 is 1.38 bits per heavy atom. The van der Waals surface area contributed by atoms with Crippen LogP contribution in [0.5, 0.6) is 0 Å². The van der Waals surface area contributed by atoms with Gasteiger partial charge in [-0.3, -0.25) is 4.18 Å². The van der Waals surface area contributed by atoms with Crippen LogP contribution < -0.4 is 29.6 Å². The van der Waals surface area contributed by atoms with E-state index in [9.17, 15) is 65.7 Å². The molecule has 0 N–H and O–H groups in total. The third kappa shape index (κ3) is 5.84. The van der Waals surface area contributed by atoms with Gasteiger partial charge in [0.25, 0.3) is 0 Å². The molecule has 0 fully saturated rings. The molecule has 0 aromatic rings. The summed E-state index contributed by atoms with van der Waals surface area (Å²) in [4.78, 5) is 0. The SMILES string of the molecule is CCC(F)(F)C(F)(F)C(F)(F)C(F)(F)C(F)(F)C(F)(F)CCCOS(=O)(=O)[O-].[Na+]. The van der Waals surface area contributed by atoms with Crippen molar-refractivity contribution in [2.45, 2.75) is 61.7 Å². The van der Waals surface area contributed by atoms with Crippen LogP contribution in [0.15, 0.2) is 0 Å². The van der Waals surface area contributed by atoms with Gasteiger partial charge in [0.2, 0.25) is 10.4 Å². The van der Waals surface area contributed by atoms with E-state index in [0.29, 0.717) is 0 Å². The van der Waals surface area contributed by atoms with E-state index in [2.05, 4.69) is 4.18 Å². The first-order chi connectivity index (χ1) is 12.0. The van der Waals surface area contributed by atoms with Gasteiger partial charge in [-0.15, -0.1) is 0 Å². The van der Waals surface area contributed by atoms with E-state index in [1.807, 2.05) is 0 Å². The first-order valence-electron chi connectivity index (χ1n) is 6.89. The summed E-state index contributed by atoms with van der Waals surface area (Å²) < 4.78 is 192. The first-order valence-corrected chi connectivity index (χ1v) is 8.22. The van der Waals surface area contributed by atoms with Crippen LogP contribution in [0.1, 0.15) is 26.2 Å². The molecule has 4 nitrogen and oxygen atoms in total. The van der Waals surface area contributed by atoms with Crippen molar-refractivity contribution in [2.75, 3.05) is 6.61 Å². The molecule has 0 aliphatic rings. The molecule has 0 radical (unpaired) electrons. The van der Waals surface area contributed by atoms with Crippen molar-refractivity contribution in [3.63, 3.8) is 0 Å². The van der Waals surface area contributed by atoms with Crippen molar-refractivity contribution in [1.29, 1.82) is 0 Å². The van der Waals surface area contributed by atoms with Crippen LogP contribution in [-0.4, -0.2) is 55.1 Å². The second kappa shape index (κ2) is 9.26. The third-order valence-corrected chi connectivity index (χ3v) is 3.86. The number of alkyl halides is 12. The predicted octanol–water partition coefficient (Wildman–Crippen LogP) is 1.47. The van der Waals surface area contributed by atoms with Gasteiger partial charge in [-0.05, 0) is 6.42 Å². The van der Waals surface area contributed by atoms with Gasteiger partial charge in [0.1, 0.15) is 0 Å². The summed E-state index contributed by atoms with van der Waals surface area (Å²) in [6, 6.07) is 0. The molecule has 0 aromatic carbocycles. The maximum absolute atomic E-state index is 13.4. The van der Waals surface area contributed by atoms with Crippen LogP contribution in [0, 0.1) is 0 Å². The predicted molar refractivity (Wildman–Crippen MR) is 64.9 cm³/mol. The van der Waals surface area contributed by atoms with Crippen molar-refractivity contribution < 1.29 is 99.4 Å². The van der Waals surface area contributed by atoms with Crippen LogP contribution in [0.3, 0.4) is 0 Å². The monoisotopic (exact) mass is 490 g/mol. The van der Waals surface area contributed by atoms with Gasteiger partial charge in [-0.1, -0.05) is 6.92 Å². The second-order valence-corrected chi connectivity index (χ2v) is 6.45. The number of rotatable bonds is 11. The molecule has 0 aliphatic heterocycles. The van der Waals surface area contributed by atoms with Gasteiger partial charge in [-0.2, -0.15) is 52.7 Å².